The van der Waals surface area contributed by atoms with E-state index in [4.69, 9.17) is 12.2 Å². The van der Waals surface area contributed by atoms with Gasteiger partial charge in [0.1, 0.15) is 6.04 Å². The molecule has 1 fully saturated rings. The highest BCUT2D eigenvalue weighted by Crippen LogP contribution is 2.27. The van der Waals surface area contributed by atoms with E-state index in [1.165, 1.54) is 11.8 Å². The van der Waals surface area contributed by atoms with Crippen LogP contribution in [0.15, 0.2) is 59.1 Å². The molecule has 0 aromatic heterocycles. The lowest BCUT2D eigenvalue weighted by molar-refractivity contribution is -0.124. The Bertz CT molecular complexity index is 952. The maximum atomic E-state index is 13.2. The van der Waals surface area contributed by atoms with Crippen molar-refractivity contribution in [1.82, 2.24) is 10.2 Å². The molecule has 7 nitrogen and oxygen atoms in total. The minimum atomic E-state index is -0.748. The molecule has 0 saturated carbocycles. The first-order chi connectivity index (χ1) is 14.4. The van der Waals surface area contributed by atoms with Crippen molar-refractivity contribution in [2.45, 2.75) is 19.4 Å². The molecule has 1 aliphatic rings. The minimum absolute atomic E-state index is 0.0571. The molecule has 2 aromatic carbocycles. The monoisotopic (exact) mass is 488 g/mol. The average molecular weight is 489 g/mol. The number of hydrogen-bond acceptors (Lipinski definition) is 4. The van der Waals surface area contributed by atoms with Crippen molar-refractivity contribution in [1.29, 1.82) is 0 Å². The molecule has 1 unspecified atom stereocenters. The van der Waals surface area contributed by atoms with Gasteiger partial charge in [0.25, 0.3) is 5.91 Å². The van der Waals surface area contributed by atoms with Gasteiger partial charge >= 0.3 is 0 Å². The highest BCUT2D eigenvalue weighted by molar-refractivity contribution is 9.10. The van der Waals surface area contributed by atoms with E-state index in [1.807, 2.05) is 30.3 Å². The molecule has 2 N–H and O–H groups in total. The Labute approximate surface area is 188 Å². The highest BCUT2D eigenvalue weighted by atomic mass is 79.9. The van der Waals surface area contributed by atoms with E-state index >= 15 is 0 Å². The number of benzene rings is 2. The molecule has 1 atom stereocenters. The molecule has 1 heterocycles. The first-order valence-electron chi connectivity index (χ1n) is 9.36. The molecule has 3 rings (SSSR count). The molecule has 1 aliphatic heterocycles. The third-order valence-electron chi connectivity index (χ3n) is 4.57. The average Bonchev–Trinajstić information content (AvgIpc) is 2.94. The SMILES string of the molecule is CC(=O)NCCN1C(=S)N(c2ccccc2)C(=O)C1CC(=O)Nc1ccc(Br)cc1. The van der Waals surface area contributed by atoms with Crippen molar-refractivity contribution in [2.75, 3.05) is 23.3 Å². The van der Waals surface area contributed by atoms with Gasteiger partial charge in [-0.05, 0) is 48.6 Å². The Hall–Kier alpha value is -2.78. The van der Waals surface area contributed by atoms with Crippen LogP contribution in [0.5, 0.6) is 0 Å². The van der Waals surface area contributed by atoms with Gasteiger partial charge < -0.3 is 15.5 Å². The second-order valence-corrected chi connectivity index (χ2v) is 8.02. The van der Waals surface area contributed by atoms with Crippen LogP contribution < -0.4 is 15.5 Å². The Morgan fingerprint density at radius 3 is 2.40 bits per heavy atom. The maximum absolute atomic E-state index is 13.2. The third kappa shape index (κ3) is 5.22. The van der Waals surface area contributed by atoms with E-state index in [2.05, 4.69) is 26.6 Å². The lowest BCUT2D eigenvalue weighted by atomic mass is 10.1. The molecule has 156 valence electrons. The smallest absolute Gasteiger partial charge is 0.256 e. The summed E-state index contributed by atoms with van der Waals surface area (Å²) in [4.78, 5) is 40.2. The molecule has 30 heavy (non-hydrogen) atoms. The van der Waals surface area contributed by atoms with E-state index in [1.54, 1.807) is 29.2 Å². The second kappa shape index (κ2) is 9.82. The van der Waals surface area contributed by atoms with Crippen LogP contribution >= 0.6 is 28.1 Å². The Kier molecular flexibility index (Phi) is 7.17. The van der Waals surface area contributed by atoms with Crippen molar-refractivity contribution in [3.05, 3.63) is 59.1 Å². The van der Waals surface area contributed by atoms with Gasteiger partial charge in [-0.2, -0.15) is 0 Å². The lowest BCUT2D eigenvalue weighted by Gasteiger charge is -2.23. The van der Waals surface area contributed by atoms with Crippen LogP contribution in [0.3, 0.4) is 0 Å². The van der Waals surface area contributed by atoms with Crippen LogP contribution in [0, 0.1) is 0 Å². The number of carbonyl (C=O) groups excluding carboxylic acids is 3. The fraction of sp³-hybridized carbons (Fsp3) is 0.238. The van der Waals surface area contributed by atoms with Crippen molar-refractivity contribution in [3.63, 3.8) is 0 Å². The number of anilines is 2. The maximum Gasteiger partial charge on any atom is 0.256 e. The van der Waals surface area contributed by atoms with Crippen molar-refractivity contribution < 1.29 is 14.4 Å². The zero-order valence-electron chi connectivity index (χ0n) is 16.3. The van der Waals surface area contributed by atoms with Gasteiger partial charge in [0, 0.05) is 30.2 Å². The van der Waals surface area contributed by atoms with E-state index in [0.29, 0.717) is 29.6 Å². The van der Waals surface area contributed by atoms with Gasteiger partial charge in [0.2, 0.25) is 11.8 Å². The molecule has 0 radical (unpaired) electrons. The third-order valence-corrected chi connectivity index (χ3v) is 5.51. The summed E-state index contributed by atoms with van der Waals surface area (Å²) in [7, 11) is 0. The van der Waals surface area contributed by atoms with Crippen LogP contribution in [0.1, 0.15) is 13.3 Å². The molecule has 0 bridgehead atoms. The fourth-order valence-corrected chi connectivity index (χ4v) is 3.85. The number of carbonyl (C=O) groups is 3. The van der Waals surface area contributed by atoms with Crippen LogP contribution in [0.2, 0.25) is 0 Å². The number of para-hydroxylation sites is 1. The summed E-state index contributed by atoms with van der Waals surface area (Å²) in [6, 6.07) is 15.5. The Balaban J connectivity index is 1.77. The number of hydrogen-bond donors (Lipinski definition) is 2. The van der Waals surface area contributed by atoms with Crippen LogP contribution in [-0.2, 0) is 14.4 Å². The van der Waals surface area contributed by atoms with Gasteiger partial charge in [0.05, 0.1) is 12.1 Å². The Morgan fingerprint density at radius 1 is 1.10 bits per heavy atom. The van der Waals surface area contributed by atoms with Gasteiger partial charge in [-0.3, -0.25) is 19.3 Å². The number of nitrogens with zero attached hydrogens (tertiary/aromatic N) is 2. The fourth-order valence-electron chi connectivity index (χ4n) is 3.18. The predicted octanol–water partition coefficient (Wildman–Crippen LogP) is 2.92. The predicted molar refractivity (Wildman–Crippen MR) is 123 cm³/mol. The standard InChI is InChI=1S/C21H21BrN4O3S/c1-14(27)23-11-12-25-18(13-19(28)24-16-9-7-15(22)8-10-16)20(29)26(21(25)30)17-5-3-2-4-6-17/h2-10,18H,11-13H2,1H3,(H,23,27)(H,24,28). The first-order valence-corrected chi connectivity index (χ1v) is 10.6. The summed E-state index contributed by atoms with van der Waals surface area (Å²) in [6.07, 6.45) is -0.0571. The van der Waals surface area contributed by atoms with Gasteiger partial charge in [-0.15, -0.1) is 0 Å². The first kappa shape index (κ1) is 21.9. The van der Waals surface area contributed by atoms with E-state index in [0.717, 1.165) is 4.47 Å². The van der Waals surface area contributed by atoms with Crippen molar-refractivity contribution >= 4 is 62.4 Å². The van der Waals surface area contributed by atoms with Crippen molar-refractivity contribution in [3.8, 4) is 0 Å². The normalized spacial score (nSPS) is 16.0. The van der Waals surface area contributed by atoms with Crippen LogP contribution in [0.25, 0.3) is 0 Å². The van der Waals surface area contributed by atoms with Gasteiger partial charge in [-0.25, -0.2) is 0 Å². The summed E-state index contributed by atoms with van der Waals surface area (Å²) in [5.41, 5.74) is 1.29. The van der Waals surface area contributed by atoms with E-state index in [-0.39, 0.29) is 24.1 Å². The molecular formula is C21H21BrN4O3S. The molecular weight excluding hydrogens is 468 g/mol. The number of halogens is 1. The van der Waals surface area contributed by atoms with Gasteiger partial charge in [-0.1, -0.05) is 34.1 Å². The van der Waals surface area contributed by atoms with Gasteiger partial charge in [0.15, 0.2) is 5.11 Å². The molecule has 0 spiro atoms. The summed E-state index contributed by atoms with van der Waals surface area (Å²) in [6.45, 7) is 2.06. The quantitative estimate of drug-likeness (QED) is 0.585. The summed E-state index contributed by atoms with van der Waals surface area (Å²) >= 11 is 8.91. The van der Waals surface area contributed by atoms with E-state index in [9.17, 15) is 14.4 Å². The molecule has 2 aromatic rings. The summed E-state index contributed by atoms with van der Waals surface area (Å²) < 4.78 is 0.902. The second-order valence-electron chi connectivity index (χ2n) is 6.74. The zero-order valence-corrected chi connectivity index (χ0v) is 18.7. The molecule has 3 amide bonds. The topological polar surface area (TPSA) is 81.8 Å². The van der Waals surface area contributed by atoms with Crippen LogP contribution in [-0.4, -0.2) is 46.9 Å². The van der Waals surface area contributed by atoms with Crippen molar-refractivity contribution in [2.24, 2.45) is 0 Å². The Morgan fingerprint density at radius 2 is 1.77 bits per heavy atom. The number of amides is 3. The molecule has 1 saturated heterocycles. The number of thiocarbonyl (C=S) groups is 1. The molecule has 9 heteroatoms. The zero-order chi connectivity index (χ0) is 21.7. The van der Waals surface area contributed by atoms with E-state index < -0.39 is 6.04 Å². The number of rotatable bonds is 7. The summed E-state index contributed by atoms with van der Waals surface area (Å²) in [5.74, 6) is -0.728. The number of nitrogens with one attached hydrogen (secondary N) is 2. The molecule has 0 aliphatic carbocycles. The largest absolute Gasteiger partial charge is 0.355 e. The minimum Gasteiger partial charge on any atom is -0.355 e. The lowest BCUT2D eigenvalue weighted by Crippen LogP contribution is -2.42. The summed E-state index contributed by atoms with van der Waals surface area (Å²) in [5, 5.41) is 5.83. The van der Waals surface area contributed by atoms with Crippen LogP contribution in [0.4, 0.5) is 11.4 Å². The highest BCUT2D eigenvalue weighted by Gasteiger charge is 2.43.